The average Bonchev–Trinajstić information content (AvgIpc) is 2.98. The van der Waals surface area contributed by atoms with Crippen molar-refractivity contribution in [1.82, 2.24) is 9.97 Å². The molecule has 0 aliphatic carbocycles. The second-order valence-electron chi connectivity index (χ2n) is 4.44. The van der Waals surface area contributed by atoms with Gasteiger partial charge in [0.15, 0.2) is 0 Å². The van der Waals surface area contributed by atoms with E-state index in [1.165, 1.54) is 11.1 Å². The van der Waals surface area contributed by atoms with Crippen LogP contribution in [0.15, 0.2) is 23.7 Å². The topological polar surface area (TPSA) is 84.2 Å². The first-order valence-electron chi connectivity index (χ1n) is 6.60. The molecule has 8 heteroatoms. The predicted octanol–water partition coefficient (Wildman–Crippen LogP) is 2.56. The normalized spacial score (nSPS) is 10.4. The van der Waals surface area contributed by atoms with Crippen molar-refractivity contribution in [2.75, 3.05) is 30.4 Å². The number of anilines is 2. The lowest BCUT2D eigenvalue weighted by Gasteiger charge is -2.18. The third-order valence-electron chi connectivity index (χ3n) is 2.92. The lowest BCUT2D eigenvalue weighted by atomic mass is 10.3. The number of rotatable bonds is 7. The molecule has 112 valence electrons. The van der Waals surface area contributed by atoms with Crippen molar-refractivity contribution in [3.63, 3.8) is 0 Å². The fourth-order valence-electron chi connectivity index (χ4n) is 1.86. The molecule has 0 aliphatic rings. The molecule has 2 heterocycles. The summed E-state index contributed by atoms with van der Waals surface area (Å²) in [5, 5.41) is 16.1. The molecule has 7 nitrogen and oxygen atoms in total. The molecule has 0 aromatic carbocycles. The van der Waals surface area contributed by atoms with Gasteiger partial charge in [0, 0.05) is 25.0 Å². The van der Waals surface area contributed by atoms with E-state index in [2.05, 4.69) is 21.4 Å². The monoisotopic (exact) mass is 307 g/mol. The summed E-state index contributed by atoms with van der Waals surface area (Å²) in [5.41, 5.74) is -0.0784. The van der Waals surface area contributed by atoms with Crippen LogP contribution in [0.1, 0.15) is 11.8 Å². The van der Waals surface area contributed by atoms with E-state index in [1.54, 1.807) is 23.3 Å². The van der Waals surface area contributed by atoms with Crippen LogP contribution in [0.3, 0.4) is 0 Å². The number of thiophene rings is 1. The number of nitrogens with zero attached hydrogens (tertiary/aromatic N) is 4. The standard InChI is InChI=1S/C13H17N5O2S/c1-3-14-13-15-9-11(18(19)20)12(16-13)17(2)7-6-10-5-4-8-21-10/h4-5,8-9H,3,6-7H2,1-2H3,(H,14,15,16). The lowest BCUT2D eigenvalue weighted by Crippen LogP contribution is -2.23. The fraction of sp³-hybridized carbons (Fsp3) is 0.385. The number of likely N-dealkylation sites (N-methyl/N-ethyl adjacent to an activating group) is 1. The molecule has 2 aromatic rings. The molecule has 0 radical (unpaired) electrons. The Bertz CT molecular complexity index is 603. The van der Waals surface area contributed by atoms with Gasteiger partial charge in [-0.1, -0.05) is 6.07 Å². The second kappa shape index (κ2) is 6.98. The number of hydrogen-bond acceptors (Lipinski definition) is 7. The smallest absolute Gasteiger partial charge is 0.329 e. The zero-order valence-electron chi connectivity index (χ0n) is 11.9. The Morgan fingerprint density at radius 1 is 1.52 bits per heavy atom. The summed E-state index contributed by atoms with van der Waals surface area (Å²) in [6.07, 6.45) is 2.08. The largest absolute Gasteiger partial charge is 0.354 e. The van der Waals surface area contributed by atoms with Crippen molar-refractivity contribution in [3.8, 4) is 0 Å². The molecular formula is C13H17N5O2S. The summed E-state index contributed by atoms with van der Waals surface area (Å²) in [4.78, 5) is 21.9. The van der Waals surface area contributed by atoms with Gasteiger partial charge in [-0.05, 0) is 24.8 Å². The first-order chi connectivity index (χ1) is 10.1. The van der Waals surface area contributed by atoms with Gasteiger partial charge in [0.25, 0.3) is 0 Å². The molecule has 0 fully saturated rings. The van der Waals surface area contributed by atoms with Crippen molar-refractivity contribution in [2.24, 2.45) is 0 Å². The van der Waals surface area contributed by atoms with Gasteiger partial charge in [0.05, 0.1) is 4.92 Å². The lowest BCUT2D eigenvalue weighted by molar-refractivity contribution is -0.384. The third-order valence-corrected chi connectivity index (χ3v) is 3.85. The van der Waals surface area contributed by atoms with Crippen LogP contribution in [0.4, 0.5) is 17.5 Å². The maximum Gasteiger partial charge on any atom is 0.329 e. The maximum absolute atomic E-state index is 11.1. The van der Waals surface area contributed by atoms with Gasteiger partial charge in [-0.2, -0.15) is 4.98 Å². The van der Waals surface area contributed by atoms with Crippen LogP contribution in [0.5, 0.6) is 0 Å². The molecule has 0 unspecified atom stereocenters. The Hall–Kier alpha value is -2.22. The van der Waals surface area contributed by atoms with Crippen LogP contribution in [0.2, 0.25) is 0 Å². The molecule has 0 amide bonds. The van der Waals surface area contributed by atoms with E-state index in [4.69, 9.17) is 0 Å². The fourth-order valence-corrected chi connectivity index (χ4v) is 2.56. The second-order valence-corrected chi connectivity index (χ2v) is 5.47. The first-order valence-corrected chi connectivity index (χ1v) is 7.48. The molecule has 2 rings (SSSR count). The van der Waals surface area contributed by atoms with Crippen LogP contribution < -0.4 is 10.2 Å². The quantitative estimate of drug-likeness (QED) is 0.625. The first kappa shape index (κ1) is 15.2. The molecule has 0 aliphatic heterocycles. The van der Waals surface area contributed by atoms with Crippen LogP contribution in [-0.4, -0.2) is 35.0 Å². The van der Waals surface area contributed by atoms with Crippen molar-refractivity contribution in [2.45, 2.75) is 13.3 Å². The SMILES string of the molecule is CCNc1ncc([N+](=O)[O-])c(N(C)CCc2cccs2)n1. The molecule has 0 saturated carbocycles. The Balaban J connectivity index is 2.17. The van der Waals surface area contributed by atoms with Crippen LogP contribution in [0.25, 0.3) is 0 Å². The molecule has 1 N–H and O–H groups in total. The van der Waals surface area contributed by atoms with Gasteiger partial charge in [-0.25, -0.2) is 4.98 Å². The molecule has 0 saturated heterocycles. The van der Waals surface area contributed by atoms with Crippen LogP contribution >= 0.6 is 11.3 Å². The van der Waals surface area contributed by atoms with E-state index in [9.17, 15) is 10.1 Å². The number of hydrogen-bond donors (Lipinski definition) is 1. The molecule has 0 bridgehead atoms. The van der Waals surface area contributed by atoms with Crippen molar-refractivity contribution in [1.29, 1.82) is 0 Å². The van der Waals surface area contributed by atoms with E-state index in [-0.39, 0.29) is 5.69 Å². The van der Waals surface area contributed by atoms with Crippen molar-refractivity contribution < 1.29 is 4.92 Å². The van der Waals surface area contributed by atoms with Gasteiger partial charge >= 0.3 is 5.69 Å². The van der Waals surface area contributed by atoms with E-state index in [0.29, 0.717) is 24.9 Å². The van der Waals surface area contributed by atoms with Gasteiger partial charge in [-0.15, -0.1) is 11.3 Å². The number of aromatic nitrogens is 2. The molecule has 0 atom stereocenters. The zero-order chi connectivity index (χ0) is 15.2. The minimum atomic E-state index is -0.452. The molecule has 21 heavy (non-hydrogen) atoms. The molecule has 2 aromatic heterocycles. The Labute approximate surface area is 126 Å². The van der Waals surface area contributed by atoms with Crippen molar-refractivity contribution in [3.05, 3.63) is 38.7 Å². The Morgan fingerprint density at radius 3 is 2.95 bits per heavy atom. The van der Waals surface area contributed by atoms with Gasteiger partial charge < -0.3 is 10.2 Å². The Kier molecular flexibility index (Phi) is 5.04. The van der Waals surface area contributed by atoms with Gasteiger partial charge in [0.1, 0.15) is 6.20 Å². The summed E-state index contributed by atoms with van der Waals surface area (Å²) >= 11 is 1.68. The summed E-state index contributed by atoms with van der Waals surface area (Å²) in [6.45, 7) is 3.24. The van der Waals surface area contributed by atoms with Crippen LogP contribution in [-0.2, 0) is 6.42 Å². The highest BCUT2D eigenvalue weighted by atomic mass is 32.1. The maximum atomic E-state index is 11.1. The van der Waals surface area contributed by atoms with Gasteiger partial charge in [-0.3, -0.25) is 10.1 Å². The predicted molar refractivity (Wildman–Crippen MR) is 84.1 cm³/mol. The van der Waals surface area contributed by atoms with E-state index in [0.717, 1.165) is 6.42 Å². The minimum absolute atomic E-state index is 0.0784. The van der Waals surface area contributed by atoms with Crippen LogP contribution in [0, 0.1) is 10.1 Å². The zero-order valence-corrected chi connectivity index (χ0v) is 12.8. The van der Waals surface area contributed by atoms with E-state index in [1.807, 2.05) is 18.4 Å². The highest BCUT2D eigenvalue weighted by molar-refractivity contribution is 7.09. The third kappa shape index (κ3) is 3.88. The highest BCUT2D eigenvalue weighted by Gasteiger charge is 2.20. The van der Waals surface area contributed by atoms with Crippen molar-refractivity contribution >= 4 is 28.8 Å². The summed E-state index contributed by atoms with van der Waals surface area (Å²) < 4.78 is 0. The Morgan fingerprint density at radius 2 is 2.33 bits per heavy atom. The summed E-state index contributed by atoms with van der Waals surface area (Å²) in [5.74, 6) is 0.739. The molecule has 0 spiro atoms. The molecular weight excluding hydrogens is 290 g/mol. The summed E-state index contributed by atoms with van der Waals surface area (Å²) in [6, 6.07) is 4.05. The van der Waals surface area contributed by atoms with E-state index >= 15 is 0 Å². The van der Waals surface area contributed by atoms with Gasteiger partial charge in [0.2, 0.25) is 11.8 Å². The summed E-state index contributed by atoms with van der Waals surface area (Å²) in [7, 11) is 1.80. The van der Waals surface area contributed by atoms with E-state index < -0.39 is 4.92 Å². The number of nitrogens with one attached hydrogen (secondary N) is 1. The average molecular weight is 307 g/mol. The highest BCUT2D eigenvalue weighted by Crippen LogP contribution is 2.25. The minimum Gasteiger partial charge on any atom is -0.354 e. The number of nitro groups is 1.